The maximum atomic E-state index is 10.1. The lowest BCUT2D eigenvalue weighted by molar-refractivity contribution is 0.162. The summed E-state index contributed by atoms with van der Waals surface area (Å²) < 4.78 is 2.00. The number of aliphatic hydroxyl groups excluding tert-OH is 1. The molecule has 0 amide bonds. The highest BCUT2D eigenvalue weighted by Gasteiger charge is 2.11. The highest BCUT2D eigenvalue weighted by atomic mass is 79.9. The van der Waals surface area contributed by atoms with Crippen molar-refractivity contribution in [2.45, 2.75) is 45.1 Å². The number of aliphatic hydroxyl groups is 1. The van der Waals surface area contributed by atoms with Gasteiger partial charge in [-0.1, -0.05) is 64.5 Å². The van der Waals surface area contributed by atoms with Gasteiger partial charge in [0.1, 0.15) is 0 Å². The predicted octanol–water partition coefficient (Wildman–Crippen LogP) is 5.22. The van der Waals surface area contributed by atoms with Crippen LogP contribution in [-0.2, 0) is 0 Å². The topological polar surface area (TPSA) is 20.2 Å². The van der Waals surface area contributed by atoms with Gasteiger partial charge in [0.2, 0.25) is 0 Å². The summed E-state index contributed by atoms with van der Waals surface area (Å²) in [5, 5.41) is 10.1. The SMILES string of the molecule is CCCCCCC(O)c1cc(Br)ccc1Br. The zero-order valence-corrected chi connectivity index (χ0v) is 12.7. The molecular formula is C13H18Br2O. The average Bonchev–Trinajstić information content (AvgIpc) is 2.27. The maximum Gasteiger partial charge on any atom is 0.0801 e. The molecule has 0 aliphatic rings. The Morgan fingerprint density at radius 1 is 1.19 bits per heavy atom. The molecule has 0 aromatic heterocycles. The molecule has 0 heterocycles. The van der Waals surface area contributed by atoms with Crippen LogP contribution in [0.3, 0.4) is 0 Å². The van der Waals surface area contributed by atoms with Crippen LogP contribution < -0.4 is 0 Å². The molecule has 0 bridgehead atoms. The van der Waals surface area contributed by atoms with Crippen LogP contribution in [-0.4, -0.2) is 5.11 Å². The van der Waals surface area contributed by atoms with Crippen LogP contribution in [0.4, 0.5) is 0 Å². The van der Waals surface area contributed by atoms with Crippen LogP contribution >= 0.6 is 31.9 Å². The molecule has 0 radical (unpaired) electrons. The minimum atomic E-state index is -0.358. The molecule has 1 aromatic rings. The molecule has 90 valence electrons. The molecule has 0 saturated heterocycles. The Kier molecular flexibility index (Phi) is 6.62. The summed E-state index contributed by atoms with van der Waals surface area (Å²) in [4.78, 5) is 0. The third-order valence-corrected chi connectivity index (χ3v) is 3.86. The number of halogens is 2. The van der Waals surface area contributed by atoms with Gasteiger partial charge in [-0.2, -0.15) is 0 Å². The quantitative estimate of drug-likeness (QED) is 0.698. The summed E-state index contributed by atoms with van der Waals surface area (Å²) in [7, 11) is 0. The zero-order chi connectivity index (χ0) is 12.0. The fourth-order valence-corrected chi connectivity index (χ4v) is 2.58. The maximum absolute atomic E-state index is 10.1. The van der Waals surface area contributed by atoms with Gasteiger partial charge < -0.3 is 5.11 Å². The van der Waals surface area contributed by atoms with Crippen molar-refractivity contribution >= 4 is 31.9 Å². The molecule has 1 N–H and O–H groups in total. The minimum absolute atomic E-state index is 0.358. The summed E-state index contributed by atoms with van der Waals surface area (Å²) in [6.07, 6.45) is 5.27. The summed E-state index contributed by atoms with van der Waals surface area (Å²) >= 11 is 6.90. The van der Waals surface area contributed by atoms with E-state index in [4.69, 9.17) is 0 Å². The Labute approximate surface area is 115 Å². The van der Waals surface area contributed by atoms with Gasteiger partial charge in [-0.05, 0) is 30.2 Å². The molecule has 0 saturated carbocycles. The Morgan fingerprint density at radius 3 is 2.62 bits per heavy atom. The van der Waals surface area contributed by atoms with Gasteiger partial charge in [-0.3, -0.25) is 0 Å². The number of benzene rings is 1. The van der Waals surface area contributed by atoms with E-state index in [9.17, 15) is 5.11 Å². The molecule has 0 spiro atoms. The lowest BCUT2D eigenvalue weighted by Crippen LogP contribution is -1.98. The highest BCUT2D eigenvalue weighted by Crippen LogP contribution is 2.29. The Morgan fingerprint density at radius 2 is 1.94 bits per heavy atom. The third kappa shape index (κ3) is 4.56. The van der Waals surface area contributed by atoms with Crippen molar-refractivity contribution in [3.63, 3.8) is 0 Å². The molecule has 0 aliphatic carbocycles. The molecule has 1 unspecified atom stereocenters. The molecule has 0 fully saturated rings. The zero-order valence-electron chi connectivity index (χ0n) is 9.55. The monoisotopic (exact) mass is 348 g/mol. The van der Waals surface area contributed by atoms with Gasteiger partial charge in [0, 0.05) is 8.95 Å². The number of rotatable bonds is 6. The van der Waals surface area contributed by atoms with E-state index in [0.29, 0.717) is 0 Å². The first-order valence-electron chi connectivity index (χ1n) is 5.78. The van der Waals surface area contributed by atoms with Crippen molar-refractivity contribution in [3.8, 4) is 0 Å². The van der Waals surface area contributed by atoms with Crippen LogP contribution in [0, 0.1) is 0 Å². The molecule has 3 heteroatoms. The van der Waals surface area contributed by atoms with E-state index >= 15 is 0 Å². The van der Waals surface area contributed by atoms with Crippen LogP contribution in [0.5, 0.6) is 0 Å². The number of unbranched alkanes of at least 4 members (excludes halogenated alkanes) is 3. The molecule has 1 nitrogen and oxygen atoms in total. The molecule has 1 rings (SSSR count). The van der Waals surface area contributed by atoms with Gasteiger partial charge in [0.05, 0.1) is 6.10 Å². The second kappa shape index (κ2) is 7.46. The van der Waals surface area contributed by atoms with Gasteiger partial charge in [0.15, 0.2) is 0 Å². The van der Waals surface area contributed by atoms with Crippen LogP contribution in [0.25, 0.3) is 0 Å². The lowest BCUT2D eigenvalue weighted by Gasteiger charge is -2.13. The van der Waals surface area contributed by atoms with E-state index in [1.54, 1.807) is 0 Å². The molecule has 1 aromatic carbocycles. The fraction of sp³-hybridized carbons (Fsp3) is 0.538. The van der Waals surface area contributed by atoms with E-state index in [2.05, 4.69) is 38.8 Å². The average molecular weight is 350 g/mol. The molecule has 1 atom stereocenters. The van der Waals surface area contributed by atoms with Crippen molar-refractivity contribution < 1.29 is 5.11 Å². The summed E-state index contributed by atoms with van der Waals surface area (Å²) in [5.41, 5.74) is 0.978. The van der Waals surface area contributed by atoms with E-state index in [1.807, 2.05) is 18.2 Å². The van der Waals surface area contributed by atoms with Crippen molar-refractivity contribution in [1.29, 1.82) is 0 Å². The second-order valence-electron chi connectivity index (χ2n) is 4.03. The number of hydrogen-bond donors (Lipinski definition) is 1. The van der Waals surface area contributed by atoms with Crippen molar-refractivity contribution in [1.82, 2.24) is 0 Å². The highest BCUT2D eigenvalue weighted by molar-refractivity contribution is 9.11. The Hall–Kier alpha value is 0.140. The second-order valence-corrected chi connectivity index (χ2v) is 5.80. The van der Waals surface area contributed by atoms with Crippen LogP contribution in [0.1, 0.15) is 50.7 Å². The Bertz CT molecular complexity index is 326. The molecular weight excluding hydrogens is 332 g/mol. The van der Waals surface area contributed by atoms with Gasteiger partial charge >= 0.3 is 0 Å². The predicted molar refractivity (Wildman–Crippen MR) is 75.6 cm³/mol. The fourth-order valence-electron chi connectivity index (χ4n) is 1.69. The van der Waals surface area contributed by atoms with E-state index in [0.717, 1.165) is 27.4 Å². The first-order chi connectivity index (χ1) is 7.65. The van der Waals surface area contributed by atoms with Crippen LogP contribution in [0.2, 0.25) is 0 Å². The van der Waals surface area contributed by atoms with Gasteiger partial charge in [-0.25, -0.2) is 0 Å². The third-order valence-electron chi connectivity index (χ3n) is 2.65. The molecule has 16 heavy (non-hydrogen) atoms. The normalized spacial score (nSPS) is 12.8. The Balaban J connectivity index is 2.51. The smallest absolute Gasteiger partial charge is 0.0801 e. The first-order valence-corrected chi connectivity index (χ1v) is 7.36. The van der Waals surface area contributed by atoms with Gasteiger partial charge in [-0.15, -0.1) is 0 Å². The van der Waals surface area contributed by atoms with Crippen molar-refractivity contribution in [3.05, 3.63) is 32.7 Å². The minimum Gasteiger partial charge on any atom is -0.388 e. The summed E-state index contributed by atoms with van der Waals surface area (Å²) in [6.45, 7) is 2.20. The standard InChI is InChI=1S/C13H18Br2O/c1-2-3-4-5-6-13(16)11-9-10(14)7-8-12(11)15/h7-9,13,16H,2-6H2,1H3. The van der Waals surface area contributed by atoms with Crippen molar-refractivity contribution in [2.24, 2.45) is 0 Å². The molecule has 0 aliphatic heterocycles. The van der Waals surface area contributed by atoms with E-state index < -0.39 is 0 Å². The summed E-state index contributed by atoms with van der Waals surface area (Å²) in [5.74, 6) is 0. The van der Waals surface area contributed by atoms with E-state index in [-0.39, 0.29) is 6.10 Å². The first kappa shape index (κ1) is 14.2. The van der Waals surface area contributed by atoms with Crippen LogP contribution in [0.15, 0.2) is 27.1 Å². The summed E-state index contributed by atoms with van der Waals surface area (Å²) in [6, 6.07) is 5.92. The van der Waals surface area contributed by atoms with E-state index in [1.165, 1.54) is 19.3 Å². The lowest BCUT2D eigenvalue weighted by atomic mass is 10.0. The number of hydrogen-bond acceptors (Lipinski definition) is 1. The largest absolute Gasteiger partial charge is 0.388 e. The van der Waals surface area contributed by atoms with Gasteiger partial charge in [0.25, 0.3) is 0 Å². The van der Waals surface area contributed by atoms with Crippen molar-refractivity contribution in [2.75, 3.05) is 0 Å².